The molecule has 0 bridgehead atoms. The normalized spacial score (nSPS) is 15.2. The van der Waals surface area contributed by atoms with Crippen LogP contribution >= 0.6 is 24.0 Å². The third-order valence-electron chi connectivity index (χ3n) is 4.30. The third-order valence-corrected chi connectivity index (χ3v) is 4.30. The maximum atomic E-state index is 5.48. The van der Waals surface area contributed by atoms with Crippen LogP contribution < -0.4 is 5.32 Å². The number of aliphatic imine (C=N–C) groups is 1. The molecular weight excluding hydrogens is 445 g/mol. The summed E-state index contributed by atoms with van der Waals surface area (Å²) in [6.07, 6.45) is 0.855. The van der Waals surface area contributed by atoms with Gasteiger partial charge in [-0.2, -0.15) is 4.98 Å². The molecule has 1 aliphatic heterocycles. The minimum atomic E-state index is -0.166. The molecule has 0 fully saturated rings. The zero-order valence-corrected chi connectivity index (χ0v) is 17.8. The lowest BCUT2D eigenvalue weighted by Crippen LogP contribution is -2.43. The second-order valence-electron chi connectivity index (χ2n) is 5.98. The number of hydrogen-bond donors (Lipinski definition) is 1. The van der Waals surface area contributed by atoms with Gasteiger partial charge in [-0.25, -0.2) is 0 Å². The summed E-state index contributed by atoms with van der Waals surface area (Å²) in [5.41, 5.74) is 2.77. The molecule has 142 valence electrons. The van der Waals surface area contributed by atoms with Crippen molar-refractivity contribution >= 4 is 29.9 Å². The number of ether oxygens (including phenoxy) is 1. The fourth-order valence-electron chi connectivity index (χ4n) is 2.99. The lowest BCUT2D eigenvalue weighted by molar-refractivity contribution is 0.0683. The van der Waals surface area contributed by atoms with Gasteiger partial charge in [0.15, 0.2) is 11.8 Å². The Bertz CT molecular complexity index is 734. The first-order valence-corrected chi connectivity index (χ1v) is 8.67. The van der Waals surface area contributed by atoms with Crippen LogP contribution in [-0.4, -0.2) is 41.2 Å². The highest BCUT2D eigenvalue weighted by Crippen LogP contribution is 2.18. The summed E-state index contributed by atoms with van der Waals surface area (Å²) in [4.78, 5) is 11.0. The van der Waals surface area contributed by atoms with Crippen molar-refractivity contribution in [2.75, 3.05) is 20.2 Å². The van der Waals surface area contributed by atoms with Crippen molar-refractivity contribution in [1.29, 1.82) is 0 Å². The molecule has 26 heavy (non-hydrogen) atoms. The van der Waals surface area contributed by atoms with E-state index in [1.807, 2.05) is 13.8 Å². The highest BCUT2D eigenvalue weighted by atomic mass is 127. The Morgan fingerprint density at radius 2 is 2.15 bits per heavy atom. The summed E-state index contributed by atoms with van der Waals surface area (Å²) in [6, 6.07) is 8.55. The van der Waals surface area contributed by atoms with E-state index in [1.54, 1.807) is 7.05 Å². The molecule has 0 spiro atoms. The smallest absolute Gasteiger partial charge is 0.246 e. The molecular formula is C18H26IN5O2. The van der Waals surface area contributed by atoms with Crippen LogP contribution in [0.25, 0.3) is 0 Å². The number of nitrogens with one attached hydrogen (secondary N) is 1. The Balaban J connectivity index is 0.00000243. The van der Waals surface area contributed by atoms with E-state index >= 15 is 0 Å². The highest BCUT2D eigenvalue weighted by Gasteiger charge is 2.19. The second-order valence-corrected chi connectivity index (χ2v) is 5.98. The summed E-state index contributed by atoms with van der Waals surface area (Å²) in [7, 11) is 1.79. The Hall–Kier alpha value is -1.68. The van der Waals surface area contributed by atoms with Gasteiger partial charge < -0.3 is 19.5 Å². The van der Waals surface area contributed by atoms with E-state index in [9.17, 15) is 0 Å². The van der Waals surface area contributed by atoms with E-state index < -0.39 is 0 Å². The second kappa shape index (κ2) is 9.86. The van der Waals surface area contributed by atoms with Gasteiger partial charge >= 0.3 is 0 Å². The molecule has 0 saturated carbocycles. The van der Waals surface area contributed by atoms with Gasteiger partial charge in [-0.15, -0.1) is 24.0 Å². The summed E-state index contributed by atoms with van der Waals surface area (Å²) < 4.78 is 10.8. The minimum absolute atomic E-state index is 0. The van der Waals surface area contributed by atoms with Gasteiger partial charge in [-0.1, -0.05) is 29.4 Å². The molecule has 1 aromatic carbocycles. The van der Waals surface area contributed by atoms with E-state index in [0.29, 0.717) is 24.9 Å². The molecule has 8 heteroatoms. The lowest BCUT2D eigenvalue weighted by Gasteiger charge is -2.31. The maximum Gasteiger partial charge on any atom is 0.246 e. The molecule has 7 nitrogen and oxygen atoms in total. The van der Waals surface area contributed by atoms with E-state index in [-0.39, 0.29) is 30.1 Å². The van der Waals surface area contributed by atoms with E-state index in [2.05, 4.69) is 49.6 Å². The minimum Gasteiger partial charge on any atom is -0.371 e. The van der Waals surface area contributed by atoms with Crippen molar-refractivity contribution in [2.45, 2.75) is 39.5 Å². The van der Waals surface area contributed by atoms with Gasteiger partial charge in [-0.05, 0) is 31.4 Å². The van der Waals surface area contributed by atoms with Gasteiger partial charge in [0, 0.05) is 26.7 Å². The van der Waals surface area contributed by atoms with Crippen LogP contribution in [-0.2, 0) is 24.2 Å². The molecule has 1 aromatic heterocycles. The summed E-state index contributed by atoms with van der Waals surface area (Å²) in [6.45, 7) is 6.71. The van der Waals surface area contributed by atoms with Crippen molar-refractivity contribution in [1.82, 2.24) is 20.4 Å². The maximum absolute atomic E-state index is 5.48. The molecule has 0 amide bonds. The van der Waals surface area contributed by atoms with Crippen LogP contribution in [0, 0.1) is 0 Å². The number of aromatic nitrogens is 2. The number of fused-ring (bicyclic) bond motifs is 1. The van der Waals surface area contributed by atoms with Crippen molar-refractivity contribution in [2.24, 2.45) is 4.99 Å². The lowest BCUT2D eigenvalue weighted by atomic mass is 10.0. The van der Waals surface area contributed by atoms with E-state index in [0.717, 1.165) is 25.5 Å². The Morgan fingerprint density at radius 1 is 1.38 bits per heavy atom. The first kappa shape index (κ1) is 20.6. The van der Waals surface area contributed by atoms with Crippen LogP contribution in [0.5, 0.6) is 0 Å². The van der Waals surface area contributed by atoms with Gasteiger partial charge in [0.05, 0.1) is 6.54 Å². The zero-order chi connectivity index (χ0) is 17.6. The van der Waals surface area contributed by atoms with Crippen LogP contribution in [0.3, 0.4) is 0 Å². The Labute approximate surface area is 171 Å². The molecule has 0 saturated heterocycles. The summed E-state index contributed by atoms with van der Waals surface area (Å²) >= 11 is 0. The standard InChI is InChI=1S/C18H25N5O2.HI/c1-4-24-13(2)17-21-16(25-22-17)11-20-18(19-3)23-10-9-14-7-5-6-8-15(14)12-23;/h5-8,13H,4,9-12H2,1-3H3,(H,19,20);1H. The fraction of sp³-hybridized carbons (Fsp3) is 0.500. The Morgan fingerprint density at radius 3 is 2.88 bits per heavy atom. The molecule has 2 heterocycles. The van der Waals surface area contributed by atoms with Gasteiger partial charge in [0.25, 0.3) is 0 Å². The van der Waals surface area contributed by atoms with Crippen LogP contribution in [0.4, 0.5) is 0 Å². The SMILES string of the molecule is CCOC(C)c1noc(CNC(=NC)N2CCc3ccccc3C2)n1.I. The topological polar surface area (TPSA) is 75.8 Å². The molecule has 3 rings (SSSR count). The third kappa shape index (κ3) is 4.94. The van der Waals surface area contributed by atoms with Crippen LogP contribution in [0.1, 0.15) is 42.8 Å². The average molecular weight is 471 g/mol. The quantitative estimate of drug-likeness (QED) is 0.411. The zero-order valence-electron chi connectivity index (χ0n) is 15.4. The van der Waals surface area contributed by atoms with Gasteiger partial charge in [-0.3, -0.25) is 4.99 Å². The number of rotatable bonds is 5. The highest BCUT2D eigenvalue weighted by molar-refractivity contribution is 14.0. The first-order chi connectivity index (χ1) is 12.2. The number of benzene rings is 1. The number of guanidine groups is 1. The average Bonchev–Trinajstić information content (AvgIpc) is 3.11. The van der Waals surface area contributed by atoms with Gasteiger partial charge in [0.1, 0.15) is 6.10 Å². The van der Waals surface area contributed by atoms with Crippen molar-refractivity contribution in [3.05, 3.63) is 47.1 Å². The molecule has 1 unspecified atom stereocenters. The molecule has 0 radical (unpaired) electrons. The van der Waals surface area contributed by atoms with Crippen LogP contribution in [0.2, 0.25) is 0 Å². The van der Waals surface area contributed by atoms with Crippen LogP contribution in [0.15, 0.2) is 33.8 Å². The molecule has 1 aliphatic rings. The number of hydrogen-bond acceptors (Lipinski definition) is 5. The summed E-state index contributed by atoms with van der Waals surface area (Å²) in [5.74, 6) is 1.94. The first-order valence-electron chi connectivity index (χ1n) is 8.67. The van der Waals surface area contributed by atoms with Gasteiger partial charge in [0.2, 0.25) is 5.89 Å². The predicted octanol–water partition coefficient (Wildman–Crippen LogP) is 2.92. The van der Waals surface area contributed by atoms with Crippen molar-refractivity contribution in [3.63, 3.8) is 0 Å². The van der Waals surface area contributed by atoms with Crippen molar-refractivity contribution in [3.8, 4) is 0 Å². The Kier molecular flexibility index (Phi) is 7.83. The largest absolute Gasteiger partial charge is 0.371 e. The van der Waals surface area contributed by atoms with Crippen molar-refractivity contribution < 1.29 is 9.26 Å². The fourth-order valence-corrected chi connectivity index (χ4v) is 2.99. The monoisotopic (exact) mass is 471 g/mol. The molecule has 2 aromatic rings. The summed E-state index contributed by atoms with van der Waals surface area (Å²) in [5, 5.41) is 7.29. The predicted molar refractivity (Wildman–Crippen MR) is 111 cm³/mol. The molecule has 1 N–H and O–H groups in total. The van der Waals surface area contributed by atoms with E-state index in [4.69, 9.17) is 9.26 Å². The van der Waals surface area contributed by atoms with E-state index in [1.165, 1.54) is 11.1 Å². The number of nitrogens with zero attached hydrogens (tertiary/aromatic N) is 4. The number of halogens is 1. The molecule has 0 aliphatic carbocycles. The molecule has 1 atom stereocenters.